The first-order valence-electron chi connectivity index (χ1n) is 7.29. The van der Waals surface area contributed by atoms with Gasteiger partial charge in [0.15, 0.2) is 0 Å². The van der Waals surface area contributed by atoms with Gasteiger partial charge in [-0.05, 0) is 56.4 Å². The molecule has 0 saturated heterocycles. The van der Waals surface area contributed by atoms with Gasteiger partial charge in [0.1, 0.15) is 0 Å². The van der Waals surface area contributed by atoms with Crippen molar-refractivity contribution in [1.29, 1.82) is 0 Å². The molecule has 5 heteroatoms. The Morgan fingerprint density at radius 2 is 1.68 bits per heavy atom. The number of hydrogen-bond acceptors (Lipinski definition) is 2. The second kappa shape index (κ2) is 6.82. The third kappa shape index (κ3) is 6.18. The number of amides is 2. The molecule has 1 aromatic carbocycles. The molecule has 122 valence electrons. The van der Waals surface area contributed by atoms with Gasteiger partial charge in [-0.2, -0.15) is 0 Å². The quantitative estimate of drug-likeness (QED) is 0.791. The number of anilines is 1. The van der Waals surface area contributed by atoms with Crippen LogP contribution in [0, 0.1) is 12.3 Å². The highest BCUT2D eigenvalue weighted by molar-refractivity contribution is 9.10. The molecule has 2 amide bonds. The summed E-state index contributed by atoms with van der Waals surface area (Å²) in [6.45, 7) is 12.1. The molecular formula is C17H25BrN2O2. The number of carbonyl (C=O) groups excluding carboxylic acids is 2. The molecule has 0 radical (unpaired) electrons. The highest BCUT2D eigenvalue weighted by Gasteiger charge is 2.29. The van der Waals surface area contributed by atoms with E-state index in [-0.39, 0.29) is 5.41 Å². The summed E-state index contributed by atoms with van der Waals surface area (Å²) in [5.74, 6) is -1.27. The van der Waals surface area contributed by atoms with Gasteiger partial charge in [0.25, 0.3) is 0 Å². The second-order valence-corrected chi connectivity index (χ2v) is 8.35. The van der Waals surface area contributed by atoms with Crippen molar-refractivity contribution in [1.82, 2.24) is 5.32 Å². The third-order valence-corrected chi connectivity index (χ3v) is 3.94. The Bertz CT molecular complexity index is 575. The highest BCUT2D eigenvalue weighted by Crippen LogP contribution is 2.26. The van der Waals surface area contributed by atoms with Gasteiger partial charge in [0, 0.05) is 15.7 Å². The number of nitrogens with one attached hydrogen (secondary N) is 2. The number of halogens is 1. The minimum absolute atomic E-state index is 0.0656. The van der Waals surface area contributed by atoms with Crippen LogP contribution in [0.5, 0.6) is 0 Å². The fourth-order valence-electron chi connectivity index (χ4n) is 2.64. The van der Waals surface area contributed by atoms with E-state index in [2.05, 4.69) is 47.3 Å². The van der Waals surface area contributed by atoms with Crippen LogP contribution in [0.3, 0.4) is 0 Å². The molecular weight excluding hydrogens is 344 g/mol. The van der Waals surface area contributed by atoms with Crippen molar-refractivity contribution >= 4 is 33.4 Å². The average molecular weight is 369 g/mol. The molecule has 1 aromatic rings. The van der Waals surface area contributed by atoms with E-state index in [0.29, 0.717) is 5.69 Å². The summed E-state index contributed by atoms with van der Waals surface area (Å²) < 4.78 is 0.960. The Morgan fingerprint density at radius 3 is 2.18 bits per heavy atom. The maximum atomic E-state index is 12.1. The van der Waals surface area contributed by atoms with E-state index < -0.39 is 17.4 Å². The van der Waals surface area contributed by atoms with E-state index in [9.17, 15) is 9.59 Å². The molecule has 0 aliphatic rings. The molecule has 0 saturated carbocycles. The van der Waals surface area contributed by atoms with Crippen molar-refractivity contribution in [2.75, 3.05) is 5.32 Å². The minimum Gasteiger partial charge on any atom is -0.343 e. The predicted octanol–water partition coefficient (Wildman–Crippen LogP) is 4.03. The fourth-order valence-corrected chi connectivity index (χ4v) is 2.89. The van der Waals surface area contributed by atoms with Crippen LogP contribution in [0.25, 0.3) is 0 Å². The van der Waals surface area contributed by atoms with Gasteiger partial charge in [-0.15, -0.1) is 0 Å². The van der Waals surface area contributed by atoms with Crippen molar-refractivity contribution in [2.24, 2.45) is 5.41 Å². The summed E-state index contributed by atoms with van der Waals surface area (Å²) >= 11 is 3.40. The summed E-state index contributed by atoms with van der Waals surface area (Å²) in [6, 6.07) is 5.41. The van der Waals surface area contributed by atoms with Gasteiger partial charge in [-0.3, -0.25) is 9.59 Å². The predicted molar refractivity (Wildman–Crippen MR) is 93.8 cm³/mol. The van der Waals surface area contributed by atoms with Crippen molar-refractivity contribution in [3.63, 3.8) is 0 Å². The number of aryl methyl sites for hydroxylation is 1. The second-order valence-electron chi connectivity index (χ2n) is 7.49. The third-order valence-electron chi connectivity index (χ3n) is 3.05. The largest absolute Gasteiger partial charge is 0.343 e. The summed E-state index contributed by atoms with van der Waals surface area (Å²) in [6.07, 6.45) is 0.774. The minimum atomic E-state index is -0.649. The molecule has 0 heterocycles. The van der Waals surface area contributed by atoms with E-state index in [0.717, 1.165) is 16.5 Å². The normalized spacial score (nSPS) is 12.0. The fraction of sp³-hybridized carbons (Fsp3) is 0.529. The summed E-state index contributed by atoms with van der Waals surface area (Å²) in [4.78, 5) is 24.1. The Morgan fingerprint density at radius 1 is 1.09 bits per heavy atom. The topological polar surface area (TPSA) is 58.2 Å². The summed E-state index contributed by atoms with van der Waals surface area (Å²) in [5.41, 5.74) is 1.22. The van der Waals surface area contributed by atoms with Crippen LogP contribution in [0.2, 0.25) is 0 Å². The first-order chi connectivity index (χ1) is 9.89. The molecule has 0 aliphatic carbocycles. The standard InChI is InChI=1S/C17H25BrN2O2/c1-11-9-12(7-8-13(11)18)19-14(21)15(22)20-17(5,6)10-16(2,3)4/h7-9H,10H2,1-6H3,(H,19,21)(H,20,22). The van der Waals surface area contributed by atoms with Crippen LogP contribution < -0.4 is 10.6 Å². The lowest BCUT2D eigenvalue weighted by atomic mass is 9.82. The maximum absolute atomic E-state index is 12.1. The maximum Gasteiger partial charge on any atom is 0.313 e. The van der Waals surface area contributed by atoms with Gasteiger partial charge >= 0.3 is 11.8 Å². The zero-order valence-corrected chi connectivity index (χ0v) is 15.7. The molecule has 0 fully saturated rings. The van der Waals surface area contributed by atoms with Crippen molar-refractivity contribution in [3.05, 3.63) is 28.2 Å². The molecule has 22 heavy (non-hydrogen) atoms. The van der Waals surface area contributed by atoms with Gasteiger partial charge in [-0.1, -0.05) is 36.7 Å². The number of hydrogen-bond donors (Lipinski definition) is 2. The monoisotopic (exact) mass is 368 g/mol. The first kappa shape index (κ1) is 18.7. The van der Waals surface area contributed by atoms with Crippen LogP contribution >= 0.6 is 15.9 Å². The molecule has 0 spiro atoms. The lowest BCUT2D eigenvalue weighted by Gasteiger charge is -2.33. The summed E-state index contributed by atoms with van der Waals surface area (Å²) in [5, 5.41) is 5.42. The zero-order valence-electron chi connectivity index (χ0n) is 14.1. The molecule has 0 aliphatic heterocycles. The molecule has 1 rings (SSSR count). The van der Waals surface area contributed by atoms with Gasteiger partial charge < -0.3 is 10.6 Å². The van der Waals surface area contributed by atoms with Crippen molar-refractivity contribution in [2.45, 2.75) is 53.5 Å². The molecule has 0 bridgehead atoms. The smallest absolute Gasteiger partial charge is 0.313 e. The molecule has 2 N–H and O–H groups in total. The van der Waals surface area contributed by atoms with Crippen LogP contribution in [0.1, 0.15) is 46.6 Å². The average Bonchev–Trinajstić information content (AvgIpc) is 2.30. The molecule has 0 atom stereocenters. The van der Waals surface area contributed by atoms with Crippen LogP contribution in [0.4, 0.5) is 5.69 Å². The van der Waals surface area contributed by atoms with E-state index in [4.69, 9.17) is 0 Å². The van der Waals surface area contributed by atoms with Crippen LogP contribution in [0.15, 0.2) is 22.7 Å². The van der Waals surface area contributed by atoms with E-state index in [1.54, 1.807) is 6.07 Å². The van der Waals surface area contributed by atoms with Gasteiger partial charge in [0.05, 0.1) is 0 Å². The van der Waals surface area contributed by atoms with E-state index in [1.807, 2.05) is 32.9 Å². The first-order valence-corrected chi connectivity index (χ1v) is 8.09. The SMILES string of the molecule is Cc1cc(NC(=O)C(=O)NC(C)(C)CC(C)(C)C)ccc1Br. The Labute approximate surface area is 141 Å². The van der Waals surface area contributed by atoms with Crippen molar-refractivity contribution < 1.29 is 9.59 Å². The Kier molecular flexibility index (Phi) is 5.79. The lowest BCUT2D eigenvalue weighted by Crippen LogP contribution is -2.49. The number of rotatable bonds is 3. The van der Waals surface area contributed by atoms with Crippen LogP contribution in [-0.2, 0) is 9.59 Å². The molecule has 0 aromatic heterocycles. The van der Waals surface area contributed by atoms with Crippen molar-refractivity contribution in [3.8, 4) is 0 Å². The molecule has 4 nitrogen and oxygen atoms in total. The molecule has 0 unspecified atom stereocenters. The highest BCUT2D eigenvalue weighted by atomic mass is 79.9. The Balaban J connectivity index is 2.69. The Hall–Kier alpha value is -1.36. The van der Waals surface area contributed by atoms with E-state index >= 15 is 0 Å². The zero-order chi connectivity index (χ0) is 17.1. The van der Waals surface area contributed by atoms with E-state index in [1.165, 1.54) is 0 Å². The van der Waals surface area contributed by atoms with Crippen LogP contribution in [-0.4, -0.2) is 17.4 Å². The lowest BCUT2D eigenvalue weighted by molar-refractivity contribution is -0.137. The van der Waals surface area contributed by atoms with Gasteiger partial charge in [-0.25, -0.2) is 0 Å². The summed E-state index contributed by atoms with van der Waals surface area (Å²) in [7, 11) is 0. The number of carbonyl (C=O) groups is 2. The number of benzene rings is 1. The van der Waals surface area contributed by atoms with Gasteiger partial charge in [0.2, 0.25) is 0 Å².